The van der Waals surface area contributed by atoms with Crippen LogP contribution in [0.5, 0.6) is 0 Å². The molecular weight excluding hydrogens is 626 g/mol. The van der Waals surface area contributed by atoms with Crippen molar-refractivity contribution in [2.24, 2.45) is 5.92 Å². The Balaban J connectivity index is 1.20. The third kappa shape index (κ3) is 7.13. The maximum absolute atomic E-state index is 14.7. The van der Waals surface area contributed by atoms with Crippen molar-refractivity contribution < 1.29 is 12.8 Å². The van der Waals surface area contributed by atoms with Gasteiger partial charge in [-0.3, -0.25) is 10.1 Å². The quantitative estimate of drug-likeness (QED) is 0.127. The summed E-state index contributed by atoms with van der Waals surface area (Å²) in [7, 11) is -3.43. The Labute approximate surface area is 278 Å². The third-order valence-electron chi connectivity index (χ3n) is 8.63. The molecular formula is C37H36FN7O2S. The number of hydrogen-bond donors (Lipinski definition) is 4. The predicted molar refractivity (Wildman–Crippen MR) is 189 cm³/mol. The van der Waals surface area contributed by atoms with Gasteiger partial charge in [-0.15, -0.1) is 0 Å². The van der Waals surface area contributed by atoms with Gasteiger partial charge >= 0.3 is 0 Å². The molecule has 4 N–H and O–H groups in total. The summed E-state index contributed by atoms with van der Waals surface area (Å²) in [6.07, 6.45) is 13.1. The van der Waals surface area contributed by atoms with Crippen molar-refractivity contribution in [2.45, 2.75) is 32.9 Å². The molecule has 4 aromatic heterocycles. The Hall–Kier alpha value is -4.97. The van der Waals surface area contributed by atoms with Gasteiger partial charge in [0.05, 0.1) is 29.4 Å². The van der Waals surface area contributed by atoms with Gasteiger partial charge in [-0.25, -0.2) is 22.5 Å². The van der Waals surface area contributed by atoms with E-state index in [1.807, 2.05) is 18.3 Å². The highest BCUT2D eigenvalue weighted by molar-refractivity contribution is 7.88. The van der Waals surface area contributed by atoms with Crippen LogP contribution in [-0.4, -0.2) is 46.4 Å². The fourth-order valence-electron chi connectivity index (χ4n) is 6.23. The number of allylic oxidation sites excluding steroid dienone is 3. The van der Waals surface area contributed by atoms with E-state index in [0.29, 0.717) is 28.3 Å². The minimum atomic E-state index is -3.43. The Morgan fingerprint density at radius 1 is 0.938 bits per heavy atom. The number of sulfonamides is 1. The molecule has 0 saturated heterocycles. The predicted octanol–water partition coefficient (Wildman–Crippen LogP) is 6.89. The van der Waals surface area contributed by atoms with Crippen molar-refractivity contribution in [3.05, 3.63) is 119 Å². The lowest BCUT2D eigenvalue weighted by Gasteiger charge is -2.09. The first kappa shape index (κ1) is 31.6. The fourth-order valence-corrected chi connectivity index (χ4v) is 6.66. The molecule has 48 heavy (non-hydrogen) atoms. The zero-order valence-electron chi connectivity index (χ0n) is 26.7. The maximum Gasteiger partial charge on any atom is 0.209 e. The average molecular weight is 662 g/mol. The van der Waals surface area contributed by atoms with Crippen LogP contribution in [0, 0.1) is 11.7 Å². The minimum Gasteiger partial charge on any atom is -0.352 e. The van der Waals surface area contributed by atoms with Gasteiger partial charge in [-0.2, -0.15) is 5.10 Å². The molecule has 2 aromatic carbocycles. The van der Waals surface area contributed by atoms with Gasteiger partial charge in [0.15, 0.2) is 5.65 Å². The van der Waals surface area contributed by atoms with Gasteiger partial charge in [0, 0.05) is 53.9 Å². The van der Waals surface area contributed by atoms with E-state index in [1.165, 1.54) is 23.3 Å². The molecule has 0 unspecified atom stereocenters. The lowest BCUT2D eigenvalue weighted by molar-refractivity contribution is 0.586. The van der Waals surface area contributed by atoms with E-state index in [9.17, 15) is 12.8 Å². The molecule has 0 bridgehead atoms. The SMILES string of the molecule is C[C@H]1C=C(c2cnc3n[nH]c(-c4cc5c(-c6cc(F)cc(CNS(C)(=O)=O)c6)cncc5[nH]4)c3c2)C=C(CNCc2ccccc2)CC1. The molecule has 0 fully saturated rings. The molecule has 11 heteroatoms. The van der Waals surface area contributed by atoms with Crippen LogP contribution in [-0.2, 0) is 23.1 Å². The lowest BCUT2D eigenvalue weighted by atomic mass is 10.0. The fraction of sp³-hybridized carbons (Fsp3) is 0.216. The second kappa shape index (κ2) is 13.3. The highest BCUT2D eigenvalue weighted by Gasteiger charge is 2.18. The van der Waals surface area contributed by atoms with E-state index < -0.39 is 15.8 Å². The first-order valence-electron chi connectivity index (χ1n) is 15.9. The highest BCUT2D eigenvalue weighted by atomic mass is 32.2. The normalized spacial score (nSPS) is 15.4. The summed E-state index contributed by atoms with van der Waals surface area (Å²) in [6.45, 7) is 3.87. The number of aromatic nitrogens is 5. The van der Waals surface area contributed by atoms with Crippen LogP contribution in [0.25, 0.3) is 50.0 Å². The van der Waals surface area contributed by atoms with Gasteiger partial charge in [0.25, 0.3) is 0 Å². The minimum absolute atomic E-state index is 0.0169. The Bertz CT molecular complexity index is 2290. The average Bonchev–Trinajstić information content (AvgIpc) is 3.64. The monoisotopic (exact) mass is 661 g/mol. The van der Waals surface area contributed by atoms with Gasteiger partial charge in [-0.05, 0) is 71.4 Å². The molecule has 1 aliphatic rings. The number of nitrogens with zero attached hydrogens (tertiary/aromatic N) is 3. The van der Waals surface area contributed by atoms with E-state index >= 15 is 0 Å². The largest absolute Gasteiger partial charge is 0.352 e. The first-order chi connectivity index (χ1) is 23.2. The van der Waals surface area contributed by atoms with E-state index in [-0.39, 0.29) is 6.54 Å². The van der Waals surface area contributed by atoms with E-state index in [4.69, 9.17) is 4.98 Å². The number of pyridine rings is 2. The van der Waals surface area contributed by atoms with Crippen LogP contribution < -0.4 is 10.0 Å². The number of fused-ring (bicyclic) bond motifs is 2. The van der Waals surface area contributed by atoms with Gasteiger partial charge in [0.1, 0.15) is 5.82 Å². The number of benzene rings is 2. The highest BCUT2D eigenvalue weighted by Crippen LogP contribution is 2.35. The van der Waals surface area contributed by atoms with Gasteiger partial charge < -0.3 is 10.3 Å². The molecule has 0 saturated carbocycles. The third-order valence-corrected chi connectivity index (χ3v) is 9.30. The Morgan fingerprint density at radius 3 is 2.62 bits per heavy atom. The number of rotatable bonds is 10. The number of hydrogen-bond acceptors (Lipinski definition) is 6. The molecule has 7 rings (SSSR count). The molecule has 0 amide bonds. The van der Waals surface area contributed by atoms with Crippen molar-refractivity contribution in [3.8, 4) is 22.5 Å². The standard InChI is InChI=1S/C37H36FN7O2S/c1-23-8-9-25(18-39-17-24-6-4-3-5-7-24)11-27(10-23)29-15-32-36(44-45-37(32)41-20-29)34-16-31-33(21-40-22-35(31)43-34)28-12-26(13-30(38)14-28)19-42-48(2,46)47/h3-7,10-16,20-23,39,42-43H,8-9,17-19H2,1-2H3,(H,41,44,45)/t23-/m1/s1. The van der Waals surface area contributed by atoms with E-state index in [0.717, 1.165) is 71.0 Å². The summed E-state index contributed by atoms with van der Waals surface area (Å²) < 4.78 is 40.4. The number of H-pyrrole nitrogens is 2. The lowest BCUT2D eigenvalue weighted by Crippen LogP contribution is -2.21. The summed E-state index contributed by atoms with van der Waals surface area (Å²) in [5.41, 5.74) is 9.56. The van der Waals surface area contributed by atoms with Crippen molar-refractivity contribution in [1.29, 1.82) is 0 Å². The van der Waals surface area contributed by atoms with Crippen LogP contribution in [0.1, 0.15) is 36.5 Å². The van der Waals surface area contributed by atoms with E-state index in [1.54, 1.807) is 18.5 Å². The van der Waals surface area contributed by atoms with Crippen LogP contribution in [0.2, 0.25) is 0 Å². The van der Waals surface area contributed by atoms with Crippen molar-refractivity contribution >= 4 is 37.5 Å². The molecule has 1 aliphatic carbocycles. The summed E-state index contributed by atoms with van der Waals surface area (Å²) in [5, 5.41) is 13.0. The molecule has 6 aromatic rings. The van der Waals surface area contributed by atoms with Crippen molar-refractivity contribution in [2.75, 3.05) is 12.8 Å². The second-order valence-corrected chi connectivity index (χ2v) is 14.3. The van der Waals surface area contributed by atoms with Gasteiger partial charge in [-0.1, -0.05) is 55.0 Å². The molecule has 0 radical (unpaired) electrons. The van der Waals surface area contributed by atoms with Crippen LogP contribution in [0.4, 0.5) is 4.39 Å². The zero-order chi connectivity index (χ0) is 33.3. The van der Waals surface area contributed by atoms with Crippen molar-refractivity contribution in [3.63, 3.8) is 0 Å². The van der Waals surface area contributed by atoms with Gasteiger partial charge in [0.2, 0.25) is 10.0 Å². The van der Waals surface area contributed by atoms with E-state index in [2.05, 4.69) is 79.6 Å². The number of aromatic amines is 2. The summed E-state index contributed by atoms with van der Waals surface area (Å²) in [6, 6.07) is 19.1. The molecule has 0 aliphatic heterocycles. The Morgan fingerprint density at radius 2 is 1.79 bits per heavy atom. The summed E-state index contributed by atoms with van der Waals surface area (Å²) in [4.78, 5) is 12.6. The molecule has 244 valence electrons. The summed E-state index contributed by atoms with van der Waals surface area (Å²) >= 11 is 0. The number of halogens is 1. The van der Waals surface area contributed by atoms with Crippen LogP contribution in [0.3, 0.4) is 0 Å². The zero-order valence-corrected chi connectivity index (χ0v) is 27.5. The molecule has 0 spiro atoms. The van der Waals surface area contributed by atoms with Crippen LogP contribution >= 0.6 is 0 Å². The maximum atomic E-state index is 14.7. The Kier molecular flexibility index (Phi) is 8.74. The second-order valence-electron chi connectivity index (χ2n) is 12.5. The molecule has 9 nitrogen and oxygen atoms in total. The van der Waals surface area contributed by atoms with Crippen LogP contribution in [0.15, 0.2) is 97.0 Å². The first-order valence-corrected chi connectivity index (χ1v) is 17.8. The smallest absolute Gasteiger partial charge is 0.209 e. The summed E-state index contributed by atoms with van der Waals surface area (Å²) in [5.74, 6) is -0.0393. The van der Waals surface area contributed by atoms with Crippen molar-refractivity contribution in [1.82, 2.24) is 35.2 Å². The molecule has 1 atom stereocenters. The molecule has 4 heterocycles. The topological polar surface area (TPSA) is 128 Å². The number of nitrogens with one attached hydrogen (secondary N) is 4.